The number of anilines is 1. The number of nitrogens with zero attached hydrogens (tertiary/aromatic N) is 2. The van der Waals surface area contributed by atoms with Crippen LogP contribution in [0.3, 0.4) is 0 Å². The Bertz CT molecular complexity index is 729. The molecule has 1 atom stereocenters. The minimum atomic E-state index is -0.464. The van der Waals surface area contributed by atoms with Gasteiger partial charge in [-0.15, -0.1) is 0 Å². The van der Waals surface area contributed by atoms with Gasteiger partial charge in [-0.2, -0.15) is 0 Å². The third kappa shape index (κ3) is 4.82. The molecule has 1 aromatic rings. The summed E-state index contributed by atoms with van der Waals surface area (Å²) >= 11 is 3.93. The maximum atomic E-state index is 12.5. The summed E-state index contributed by atoms with van der Waals surface area (Å²) in [6.07, 6.45) is 3.97. The van der Waals surface area contributed by atoms with Crippen LogP contribution in [0.2, 0.25) is 0 Å². The molecule has 0 radical (unpaired) electrons. The van der Waals surface area contributed by atoms with Crippen molar-refractivity contribution in [3.8, 4) is 0 Å². The molecule has 2 aliphatic heterocycles. The van der Waals surface area contributed by atoms with Crippen molar-refractivity contribution in [3.63, 3.8) is 0 Å². The van der Waals surface area contributed by atoms with Gasteiger partial charge in [0.2, 0.25) is 0 Å². The first-order valence-electron chi connectivity index (χ1n) is 10.3. The van der Waals surface area contributed by atoms with E-state index in [9.17, 15) is 4.79 Å². The largest absolute Gasteiger partial charge is 0.444 e. The molecule has 0 unspecified atom stereocenters. The molecule has 2 aliphatic rings. The first kappa shape index (κ1) is 21.4. The van der Waals surface area contributed by atoms with Crippen molar-refractivity contribution in [2.75, 3.05) is 38.2 Å². The van der Waals surface area contributed by atoms with Crippen molar-refractivity contribution in [1.82, 2.24) is 4.90 Å². The Hall–Kier alpha value is -1.27. The van der Waals surface area contributed by atoms with Gasteiger partial charge in [0.25, 0.3) is 0 Å². The van der Waals surface area contributed by atoms with E-state index in [0.717, 1.165) is 32.4 Å². The summed E-state index contributed by atoms with van der Waals surface area (Å²) in [7, 11) is 1.77. The number of methoxy groups -OCH3 is 1. The normalized spacial score (nSPS) is 18.2. The van der Waals surface area contributed by atoms with Crippen molar-refractivity contribution < 1.29 is 14.3 Å². The molecular weight excluding hydrogens is 420 g/mol. The number of carbonyl (C=O) groups excluding carboxylic acids is 1. The van der Waals surface area contributed by atoms with E-state index in [0.29, 0.717) is 13.1 Å². The first-order chi connectivity index (χ1) is 13.2. The lowest BCUT2D eigenvalue weighted by atomic mass is 9.93. The molecule has 0 spiro atoms. The summed E-state index contributed by atoms with van der Waals surface area (Å²) in [6, 6.07) is 2.37. The summed E-state index contributed by atoms with van der Waals surface area (Å²) in [6.45, 7) is 11.2. The highest BCUT2D eigenvalue weighted by Crippen LogP contribution is 2.40. The maximum absolute atomic E-state index is 12.5. The Morgan fingerprint density at radius 3 is 2.57 bits per heavy atom. The molecule has 1 amide bonds. The van der Waals surface area contributed by atoms with E-state index in [1.54, 1.807) is 7.11 Å². The molecule has 28 heavy (non-hydrogen) atoms. The zero-order chi connectivity index (χ0) is 20.5. The van der Waals surface area contributed by atoms with E-state index >= 15 is 0 Å². The Labute approximate surface area is 177 Å². The first-order valence-corrected chi connectivity index (χ1v) is 11.1. The van der Waals surface area contributed by atoms with Crippen molar-refractivity contribution in [1.29, 1.82) is 0 Å². The lowest BCUT2D eigenvalue weighted by Crippen LogP contribution is -2.38. The molecule has 0 fully saturated rings. The SMILES string of the molecule is CO[C@@H](C)CN1CCCc2cc3c(c(Br)c21)CCN(C(=O)OC(C)(C)C)CC3. The van der Waals surface area contributed by atoms with Crippen LogP contribution in [0.25, 0.3) is 0 Å². The number of hydrogen-bond donors (Lipinski definition) is 0. The third-order valence-electron chi connectivity index (χ3n) is 5.52. The van der Waals surface area contributed by atoms with Crippen LogP contribution in [0.5, 0.6) is 0 Å². The quantitative estimate of drug-likeness (QED) is 0.673. The molecule has 0 aromatic heterocycles. The summed E-state index contributed by atoms with van der Waals surface area (Å²) < 4.78 is 12.3. The maximum Gasteiger partial charge on any atom is 0.410 e. The lowest BCUT2D eigenvalue weighted by Gasteiger charge is -2.35. The van der Waals surface area contributed by atoms with Gasteiger partial charge in [-0.25, -0.2) is 4.79 Å². The Balaban J connectivity index is 1.84. The van der Waals surface area contributed by atoms with Gasteiger partial charge in [0.15, 0.2) is 0 Å². The van der Waals surface area contributed by atoms with E-state index < -0.39 is 5.60 Å². The van der Waals surface area contributed by atoms with Crippen LogP contribution in [-0.2, 0) is 28.7 Å². The van der Waals surface area contributed by atoms with Crippen LogP contribution in [-0.4, -0.2) is 56.0 Å². The third-order valence-corrected chi connectivity index (χ3v) is 6.37. The van der Waals surface area contributed by atoms with E-state index in [1.165, 1.54) is 33.3 Å². The molecule has 156 valence electrons. The molecule has 3 rings (SSSR count). The fourth-order valence-corrected chi connectivity index (χ4v) is 5.04. The van der Waals surface area contributed by atoms with Crippen LogP contribution < -0.4 is 4.90 Å². The second-order valence-corrected chi connectivity index (χ2v) is 9.69. The Morgan fingerprint density at radius 1 is 1.18 bits per heavy atom. The summed E-state index contributed by atoms with van der Waals surface area (Å²) in [5.41, 5.74) is 4.96. The molecule has 0 saturated carbocycles. The average molecular weight is 453 g/mol. The standard InChI is InChI=1S/C22H33BrN2O3/c1-15(27-5)14-25-10-6-7-17-13-16-8-11-24(21(26)28-22(2,3)4)12-9-18(16)19(23)20(17)25/h13,15H,6-12,14H2,1-5H3/t15-/m0/s1. The molecule has 0 saturated heterocycles. The van der Waals surface area contributed by atoms with Gasteiger partial charge < -0.3 is 19.3 Å². The van der Waals surface area contributed by atoms with Gasteiger partial charge in [0.1, 0.15) is 5.60 Å². The lowest BCUT2D eigenvalue weighted by molar-refractivity contribution is 0.0258. The van der Waals surface area contributed by atoms with Gasteiger partial charge in [-0.3, -0.25) is 0 Å². The summed E-state index contributed by atoms with van der Waals surface area (Å²) in [4.78, 5) is 16.8. The number of amides is 1. The average Bonchev–Trinajstić information content (AvgIpc) is 2.83. The highest BCUT2D eigenvalue weighted by molar-refractivity contribution is 9.10. The fourth-order valence-electron chi connectivity index (χ4n) is 4.08. The predicted octanol–water partition coefficient (Wildman–Crippen LogP) is 4.57. The highest BCUT2D eigenvalue weighted by Gasteiger charge is 2.29. The van der Waals surface area contributed by atoms with Gasteiger partial charge in [-0.1, -0.05) is 6.07 Å². The van der Waals surface area contributed by atoms with Crippen LogP contribution in [0.1, 0.15) is 50.8 Å². The van der Waals surface area contributed by atoms with E-state index in [1.807, 2.05) is 25.7 Å². The Kier molecular flexibility index (Phi) is 6.60. The zero-order valence-corrected chi connectivity index (χ0v) is 19.4. The Morgan fingerprint density at radius 2 is 1.89 bits per heavy atom. The van der Waals surface area contributed by atoms with Gasteiger partial charge >= 0.3 is 6.09 Å². The number of halogens is 1. The van der Waals surface area contributed by atoms with Crippen molar-refractivity contribution in [3.05, 3.63) is 27.2 Å². The van der Waals surface area contributed by atoms with Crippen LogP contribution in [0.4, 0.5) is 10.5 Å². The minimum absolute atomic E-state index is 0.194. The van der Waals surface area contributed by atoms with E-state index in [2.05, 4.69) is 33.8 Å². The number of aryl methyl sites for hydroxylation is 1. The van der Waals surface area contributed by atoms with Crippen molar-refractivity contribution in [2.45, 2.75) is 65.1 Å². The molecule has 0 N–H and O–H groups in total. The van der Waals surface area contributed by atoms with Crippen molar-refractivity contribution in [2.24, 2.45) is 0 Å². The second kappa shape index (κ2) is 8.62. The monoisotopic (exact) mass is 452 g/mol. The zero-order valence-electron chi connectivity index (χ0n) is 17.8. The van der Waals surface area contributed by atoms with Crippen LogP contribution >= 0.6 is 15.9 Å². The number of rotatable bonds is 3. The molecule has 0 aliphatic carbocycles. The molecule has 5 nitrogen and oxygen atoms in total. The topological polar surface area (TPSA) is 42.0 Å². The van der Waals surface area contributed by atoms with E-state index in [-0.39, 0.29) is 12.2 Å². The van der Waals surface area contributed by atoms with Gasteiger partial charge in [0.05, 0.1) is 11.8 Å². The van der Waals surface area contributed by atoms with Gasteiger partial charge in [-0.05, 0) is 86.0 Å². The molecule has 1 aromatic carbocycles. The minimum Gasteiger partial charge on any atom is -0.444 e. The van der Waals surface area contributed by atoms with E-state index in [4.69, 9.17) is 9.47 Å². The number of hydrogen-bond acceptors (Lipinski definition) is 4. The molecular formula is C22H33BrN2O3. The van der Waals surface area contributed by atoms with Crippen molar-refractivity contribution >= 4 is 27.7 Å². The summed E-state index contributed by atoms with van der Waals surface area (Å²) in [5, 5.41) is 0. The molecule has 2 heterocycles. The van der Waals surface area contributed by atoms with Gasteiger partial charge in [0, 0.05) is 37.8 Å². The number of ether oxygens (including phenoxy) is 2. The summed E-state index contributed by atoms with van der Waals surface area (Å²) in [5.74, 6) is 0. The smallest absolute Gasteiger partial charge is 0.410 e. The number of carbonyl (C=O) groups is 1. The number of fused-ring (bicyclic) bond motifs is 2. The van der Waals surface area contributed by atoms with Crippen LogP contribution in [0, 0.1) is 0 Å². The van der Waals surface area contributed by atoms with Crippen LogP contribution in [0.15, 0.2) is 10.5 Å². The second-order valence-electron chi connectivity index (χ2n) is 8.90. The molecule has 0 bridgehead atoms. The fraction of sp³-hybridized carbons (Fsp3) is 0.682. The predicted molar refractivity (Wildman–Crippen MR) is 116 cm³/mol. The number of benzene rings is 1. The molecule has 6 heteroatoms. The highest BCUT2D eigenvalue weighted by atomic mass is 79.9.